The first-order valence-corrected chi connectivity index (χ1v) is 10.0. The molecule has 0 unspecified atom stereocenters. The van der Waals surface area contributed by atoms with Gasteiger partial charge in [-0.3, -0.25) is 9.79 Å². The van der Waals surface area contributed by atoms with E-state index in [0.29, 0.717) is 34.2 Å². The van der Waals surface area contributed by atoms with E-state index in [1.165, 1.54) is 24.6 Å². The summed E-state index contributed by atoms with van der Waals surface area (Å²) in [4.78, 5) is 17.5. The Morgan fingerprint density at radius 2 is 2.16 bits per heavy atom. The molecule has 0 spiro atoms. The number of halogens is 1. The zero-order chi connectivity index (χ0) is 17.8. The lowest BCUT2D eigenvalue weighted by Gasteiger charge is -2.12. The second-order valence-electron chi connectivity index (χ2n) is 5.90. The molecule has 1 saturated heterocycles. The Kier molecular flexibility index (Phi) is 6.06. The molecule has 3 rings (SSSR count). The number of benzene rings is 1. The van der Waals surface area contributed by atoms with Crippen LogP contribution in [-0.2, 0) is 4.79 Å². The van der Waals surface area contributed by atoms with Gasteiger partial charge in [-0.15, -0.1) is 0 Å². The van der Waals surface area contributed by atoms with E-state index in [-0.39, 0.29) is 5.91 Å². The summed E-state index contributed by atoms with van der Waals surface area (Å²) in [5, 5.41) is 3.58. The van der Waals surface area contributed by atoms with Crippen molar-refractivity contribution in [3.05, 3.63) is 27.1 Å². The SMILES string of the molecule is CCOc1cc(/C=C2/SC(=NC3CCCC3)NC2=O)cc(Br)c1OC. The van der Waals surface area contributed by atoms with Crippen molar-refractivity contribution in [2.75, 3.05) is 13.7 Å². The largest absolute Gasteiger partial charge is 0.492 e. The lowest BCUT2D eigenvalue weighted by Crippen LogP contribution is -2.21. The molecule has 1 aromatic rings. The van der Waals surface area contributed by atoms with Crippen molar-refractivity contribution in [2.45, 2.75) is 38.6 Å². The maximum absolute atomic E-state index is 12.2. The second-order valence-corrected chi connectivity index (χ2v) is 7.79. The van der Waals surface area contributed by atoms with E-state index in [2.05, 4.69) is 26.2 Å². The highest BCUT2D eigenvalue weighted by atomic mass is 79.9. The Morgan fingerprint density at radius 1 is 1.40 bits per heavy atom. The van der Waals surface area contributed by atoms with Gasteiger partial charge in [0.1, 0.15) is 0 Å². The zero-order valence-electron chi connectivity index (χ0n) is 14.3. The number of carbonyl (C=O) groups is 1. The lowest BCUT2D eigenvalue weighted by molar-refractivity contribution is -0.115. The van der Waals surface area contributed by atoms with Crippen LogP contribution in [0.4, 0.5) is 0 Å². The van der Waals surface area contributed by atoms with E-state index in [9.17, 15) is 4.79 Å². The average Bonchev–Trinajstić information content (AvgIpc) is 3.18. The Bertz CT molecular complexity index is 727. The fraction of sp³-hybridized carbons (Fsp3) is 0.444. The number of ether oxygens (including phenoxy) is 2. The van der Waals surface area contributed by atoms with Crippen LogP contribution in [0.1, 0.15) is 38.2 Å². The number of nitrogens with one attached hydrogen (secondary N) is 1. The fourth-order valence-corrected chi connectivity index (χ4v) is 4.49. The zero-order valence-corrected chi connectivity index (χ0v) is 16.7. The van der Waals surface area contributed by atoms with Crippen LogP contribution in [0.15, 0.2) is 26.5 Å². The predicted octanol–water partition coefficient (Wildman–Crippen LogP) is 4.36. The Labute approximate surface area is 160 Å². The third-order valence-electron chi connectivity index (χ3n) is 4.11. The molecule has 1 aliphatic heterocycles. The maximum atomic E-state index is 12.2. The minimum atomic E-state index is -0.105. The predicted molar refractivity (Wildman–Crippen MR) is 105 cm³/mol. The molecule has 7 heteroatoms. The molecule has 5 nitrogen and oxygen atoms in total. The molecule has 1 saturated carbocycles. The summed E-state index contributed by atoms with van der Waals surface area (Å²) in [6, 6.07) is 4.13. The number of rotatable bonds is 5. The number of amidine groups is 1. The van der Waals surface area contributed by atoms with Gasteiger partial charge in [-0.25, -0.2) is 0 Å². The van der Waals surface area contributed by atoms with Crippen molar-refractivity contribution in [1.29, 1.82) is 0 Å². The molecule has 1 aliphatic carbocycles. The van der Waals surface area contributed by atoms with Crippen molar-refractivity contribution in [2.24, 2.45) is 4.99 Å². The van der Waals surface area contributed by atoms with Crippen molar-refractivity contribution >= 4 is 44.8 Å². The Hall–Kier alpha value is -1.47. The summed E-state index contributed by atoms with van der Waals surface area (Å²) in [5.74, 6) is 1.19. The molecule has 1 aromatic carbocycles. The third kappa shape index (κ3) is 4.39. The van der Waals surface area contributed by atoms with E-state index in [1.807, 2.05) is 25.1 Å². The van der Waals surface area contributed by atoms with Gasteiger partial charge in [-0.05, 0) is 71.2 Å². The number of carbonyl (C=O) groups excluding carboxylic acids is 1. The molecule has 1 heterocycles. The van der Waals surface area contributed by atoms with E-state index < -0.39 is 0 Å². The van der Waals surface area contributed by atoms with Gasteiger partial charge in [0.15, 0.2) is 16.7 Å². The van der Waals surface area contributed by atoms with Crippen molar-refractivity contribution in [1.82, 2.24) is 5.32 Å². The maximum Gasteiger partial charge on any atom is 0.264 e. The summed E-state index contributed by atoms with van der Waals surface area (Å²) in [5.41, 5.74) is 0.871. The van der Waals surface area contributed by atoms with Crippen molar-refractivity contribution in [3.8, 4) is 11.5 Å². The molecule has 2 fully saturated rings. The molecular formula is C18H21BrN2O3S. The highest BCUT2D eigenvalue weighted by Crippen LogP contribution is 2.38. The van der Waals surface area contributed by atoms with E-state index in [1.54, 1.807) is 7.11 Å². The number of nitrogens with zero attached hydrogens (tertiary/aromatic N) is 1. The Balaban J connectivity index is 1.83. The summed E-state index contributed by atoms with van der Waals surface area (Å²) >= 11 is 4.90. The molecule has 0 aromatic heterocycles. The lowest BCUT2D eigenvalue weighted by atomic mass is 10.2. The molecule has 0 radical (unpaired) electrons. The molecule has 1 N–H and O–H groups in total. The monoisotopic (exact) mass is 424 g/mol. The topological polar surface area (TPSA) is 59.9 Å². The van der Waals surface area contributed by atoms with Crippen LogP contribution < -0.4 is 14.8 Å². The first-order valence-electron chi connectivity index (χ1n) is 8.39. The minimum Gasteiger partial charge on any atom is -0.492 e. The van der Waals surface area contributed by atoms with Gasteiger partial charge in [0.05, 0.1) is 29.1 Å². The van der Waals surface area contributed by atoms with Crippen LogP contribution in [0.25, 0.3) is 6.08 Å². The number of hydrogen-bond donors (Lipinski definition) is 1. The van der Waals surface area contributed by atoms with Crippen LogP contribution >= 0.6 is 27.7 Å². The summed E-state index contributed by atoms with van der Waals surface area (Å²) < 4.78 is 11.8. The first kappa shape index (κ1) is 18.3. The molecule has 1 amide bonds. The second kappa shape index (κ2) is 8.27. The molecule has 0 atom stereocenters. The van der Waals surface area contributed by atoms with Gasteiger partial charge in [0, 0.05) is 0 Å². The third-order valence-corrected chi connectivity index (χ3v) is 5.62. The molecular weight excluding hydrogens is 404 g/mol. The van der Waals surface area contributed by atoms with E-state index in [0.717, 1.165) is 22.9 Å². The van der Waals surface area contributed by atoms with Gasteiger partial charge >= 0.3 is 0 Å². The Morgan fingerprint density at radius 3 is 2.84 bits per heavy atom. The molecule has 0 bridgehead atoms. The first-order chi connectivity index (χ1) is 12.1. The van der Waals surface area contributed by atoms with Gasteiger partial charge in [-0.2, -0.15) is 0 Å². The number of aliphatic imine (C=N–C) groups is 1. The smallest absolute Gasteiger partial charge is 0.264 e. The summed E-state index contributed by atoms with van der Waals surface area (Å²) in [7, 11) is 1.60. The van der Waals surface area contributed by atoms with Crippen molar-refractivity contribution < 1.29 is 14.3 Å². The summed E-state index contributed by atoms with van der Waals surface area (Å²) in [6.45, 7) is 2.46. The minimum absolute atomic E-state index is 0.105. The highest BCUT2D eigenvalue weighted by Gasteiger charge is 2.26. The molecule has 2 aliphatic rings. The molecule has 25 heavy (non-hydrogen) atoms. The van der Waals surface area contributed by atoms with Crippen LogP contribution in [0, 0.1) is 0 Å². The number of amides is 1. The highest BCUT2D eigenvalue weighted by molar-refractivity contribution is 9.10. The van der Waals surface area contributed by atoms with Crippen LogP contribution in [-0.4, -0.2) is 30.8 Å². The normalized spacial score (nSPS) is 21.2. The van der Waals surface area contributed by atoms with Crippen molar-refractivity contribution in [3.63, 3.8) is 0 Å². The van der Waals surface area contributed by atoms with E-state index in [4.69, 9.17) is 9.47 Å². The van der Waals surface area contributed by atoms with E-state index >= 15 is 0 Å². The average molecular weight is 425 g/mol. The van der Waals surface area contributed by atoms with Gasteiger partial charge in [0.2, 0.25) is 0 Å². The van der Waals surface area contributed by atoms with Crippen LogP contribution in [0.5, 0.6) is 11.5 Å². The number of methoxy groups -OCH3 is 1. The summed E-state index contributed by atoms with van der Waals surface area (Å²) in [6.07, 6.45) is 6.53. The number of hydrogen-bond acceptors (Lipinski definition) is 5. The molecule has 134 valence electrons. The standard InChI is InChI=1S/C18H21BrN2O3S/c1-3-24-14-9-11(8-13(19)16(14)23-2)10-15-17(22)21-18(25-15)20-12-6-4-5-7-12/h8-10,12H,3-7H2,1-2H3,(H,20,21,22)/b15-10+. The van der Waals surface area contributed by atoms with Crippen LogP contribution in [0.2, 0.25) is 0 Å². The fourth-order valence-electron chi connectivity index (χ4n) is 2.97. The number of thioether (sulfide) groups is 1. The van der Waals surface area contributed by atoms with Gasteiger partial charge < -0.3 is 14.8 Å². The van der Waals surface area contributed by atoms with Crippen LogP contribution in [0.3, 0.4) is 0 Å². The van der Waals surface area contributed by atoms with Gasteiger partial charge in [0.25, 0.3) is 5.91 Å². The van der Waals surface area contributed by atoms with Gasteiger partial charge in [-0.1, -0.05) is 12.8 Å². The quantitative estimate of drug-likeness (QED) is 0.713.